The first-order valence-corrected chi connectivity index (χ1v) is 7.91. The minimum absolute atomic E-state index is 0.00641. The van der Waals surface area contributed by atoms with Gasteiger partial charge in [0, 0.05) is 18.3 Å². The molecule has 3 rings (SSSR count). The first kappa shape index (κ1) is 15.5. The molecule has 1 aliphatic heterocycles. The van der Waals surface area contributed by atoms with E-state index in [4.69, 9.17) is 9.47 Å². The van der Waals surface area contributed by atoms with E-state index in [-0.39, 0.29) is 29.5 Å². The van der Waals surface area contributed by atoms with E-state index in [1.54, 1.807) is 6.08 Å². The van der Waals surface area contributed by atoms with E-state index in [9.17, 15) is 14.7 Å². The van der Waals surface area contributed by atoms with Crippen LogP contribution >= 0.6 is 0 Å². The van der Waals surface area contributed by atoms with E-state index in [1.165, 1.54) is 6.92 Å². The van der Waals surface area contributed by atoms with Crippen LogP contribution in [0.3, 0.4) is 0 Å². The Balaban J connectivity index is 2.17. The van der Waals surface area contributed by atoms with Crippen LogP contribution in [0.15, 0.2) is 11.6 Å². The summed E-state index contributed by atoms with van der Waals surface area (Å²) in [5, 5.41) is 11.3. The Morgan fingerprint density at radius 2 is 2.05 bits per heavy atom. The van der Waals surface area contributed by atoms with E-state index < -0.39 is 23.1 Å². The van der Waals surface area contributed by atoms with Crippen molar-refractivity contribution in [3.05, 3.63) is 11.6 Å². The standard InChI is InChI=1S/C17H24O5/c1-10(18)22-12-8-11-14(19)21-9-17(11,20)16(4)7-5-6-15(2,3)13(12)16/h8,12-13,20H,5-7,9H2,1-4H3/t12-,13-,16-,17+/m0/s1. The molecule has 1 N–H and O–H groups in total. The third-order valence-corrected chi connectivity index (χ3v) is 6.03. The molecule has 122 valence electrons. The molecule has 5 nitrogen and oxygen atoms in total. The highest BCUT2D eigenvalue weighted by Gasteiger charge is 2.67. The topological polar surface area (TPSA) is 72.8 Å². The molecule has 22 heavy (non-hydrogen) atoms. The predicted octanol–water partition coefficient (Wildman–Crippen LogP) is 1.98. The van der Waals surface area contributed by atoms with Crippen molar-refractivity contribution in [3.8, 4) is 0 Å². The largest absolute Gasteiger partial charge is 0.459 e. The lowest BCUT2D eigenvalue weighted by molar-refractivity contribution is -0.188. The summed E-state index contributed by atoms with van der Waals surface area (Å²) < 4.78 is 10.7. The first-order valence-electron chi connectivity index (χ1n) is 7.91. The van der Waals surface area contributed by atoms with Crippen molar-refractivity contribution in [2.75, 3.05) is 6.61 Å². The van der Waals surface area contributed by atoms with Crippen molar-refractivity contribution in [1.82, 2.24) is 0 Å². The molecule has 3 aliphatic rings. The Kier molecular flexibility index (Phi) is 3.23. The summed E-state index contributed by atoms with van der Waals surface area (Å²) in [5.74, 6) is -0.925. The summed E-state index contributed by atoms with van der Waals surface area (Å²) in [4.78, 5) is 23.6. The fraction of sp³-hybridized carbons (Fsp3) is 0.765. The minimum Gasteiger partial charge on any atom is -0.459 e. The molecule has 0 unspecified atom stereocenters. The summed E-state index contributed by atoms with van der Waals surface area (Å²) in [6, 6.07) is 0. The van der Waals surface area contributed by atoms with Gasteiger partial charge in [0.1, 0.15) is 18.3 Å². The van der Waals surface area contributed by atoms with E-state index in [1.807, 2.05) is 6.92 Å². The highest BCUT2D eigenvalue weighted by molar-refractivity contribution is 5.94. The molecule has 0 aromatic rings. The van der Waals surface area contributed by atoms with Gasteiger partial charge in [0.25, 0.3) is 0 Å². The second-order valence-corrected chi connectivity index (χ2v) is 7.83. The van der Waals surface area contributed by atoms with Gasteiger partial charge in [-0.1, -0.05) is 27.2 Å². The second-order valence-electron chi connectivity index (χ2n) is 7.83. The molecule has 0 amide bonds. The van der Waals surface area contributed by atoms with Crippen LogP contribution in [0.1, 0.15) is 47.0 Å². The minimum atomic E-state index is -1.29. The normalized spacial score (nSPS) is 42.8. The van der Waals surface area contributed by atoms with Crippen LogP contribution in [0.25, 0.3) is 0 Å². The Bertz CT molecular complexity index is 563. The number of hydrogen-bond donors (Lipinski definition) is 1. The van der Waals surface area contributed by atoms with Gasteiger partial charge in [-0.15, -0.1) is 0 Å². The second kappa shape index (κ2) is 4.57. The summed E-state index contributed by atoms with van der Waals surface area (Å²) in [6.45, 7) is 7.66. The van der Waals surface area contributed by atoms with Crippen LogP contribution in [-0.2, 0) is 19.1 Å². The van der Waals surface area contributed by atoms with Gasteiger partial charge in [-0.25, -0.2) is 4.79 Å². The average molecular weight is 308 g/mol. The van der Waals surface area contributed by atoms with Gasteiger partial charge < -0.3 is 14.6 Å². The van der Waals surface area contributed by atoms with Crippen molar-refractivity contribution in [1.29, 1.82) is 0 Å². The molecule has 0 aromatic heterocycles. The molecule has 0 bridgehead atoms. The van der Waals surface area contributed by atoms with Gasteiger partial charge in [0.15, 0.2) is 0 Å². The summed E-state index contributed by atoms with van der Waals surface area (Å²) in [6.07, 6.45) is 3.87. The quantitative estimate of drug-likeness (QED) is 0.750. The van der Waals surface area contributed by atoms with Gasteiger partial charge in [0.2, 0.25) is 0 Å². The van der Waals surface area contributed by atoms with Crippen molar-refractivity contribution < 1.29 is 24.2 Å². The van der Waals surface area contributed by atoms with E-state index in [0.717, 1.165) is 19.3 Å². The van der Waals surface area contributed by atoms with Gasteiger partial charge in [-0.3, -0.25) is 4.79 Å². The zero-order valence-electron chi connectivity index (χ0n) is 13.6. The summed E-state index contributed by atoms with van der Waals surface area (Å²) in [7, 11) is 0. The predicted molar refractivity (Wildman–Crippen MR) is 78.8 cm³/mol. The third kappa shape index (κ3) is 1.87. The molecule has 4 atom stereocenters. The van der Waals surface area contributed by atoms with Gasteiger partial charge in [-0.2, -0.15) is 0 Å². The van der Waals surface area contributed by atoms with Crippen molar-refractivity contribution in [3.63, 3.8) is 0 Å². The van der Waals surface area contributed by atoms with Crippen LogP contribution in [0.5, 0.6) is 0 Å². The Morgan fingerprint density at radius 3 is 2.68 bits per heavy atom. The third-order valence-electron chi connectivity index (χ3n) is 6.03. The van der Waals surface area contributed by atoms with E-state index in [0.29, 0.717) is 0 Å². The number of ether oxygens (including phenoxy) is 2. The lowest BCUT2D eigenvalue weighted by Crippen LogP contribution is -2.63. The van der Waals surface area contributed by atoms with Gasteiger partial charge in [0.05, 0.1) is 5.57 Å². The molecule has 1 heterocycles. The lowest BCUT2D eigenvalue weighted by atomic mass is 9.46. The van der Waals surface area contributed by atoms with Gasteiger partial charge >= 0.3 is 11.9 Å². The van der Waals surface area contributed by atoms with Crippen molar-refractivity contribution >= 4 is 11.9 Å². The monoisotopic (exact) mass is 308 g/mol. The smallest absolute Gasteiger partial charge is 0.337 e. The number of aliphatic hydroxyl groups is 1. The summed E-state index contributed by atoms with van der Waals surface area (Å²) >= 11 is 0. The molecule has 0 spiro atoms. The Morgan fingerprint density at radius 1 is 1.36 bits per heavy atom. The maximum atomic E-state index is 12.0. The van der Waals surface area contributed by atoms with Gasteiger partial charge in [-0.05, 0) is 24.3 Å². The number of fused-ring (bicyclic) bond motifs is 3. The van der Waals surface area contributed by atoms with Crippen LogP contribution in [0.2, 0.25) is 0 Å². The molecule has 2 aliphatic carbocycles. The molecule has 1 saturated carbocycles. The highest BCUT2D eigenvalue weighted by atomic mass is 16.6. The maximum Gasteiger partial charge on any atom is 0.337 e. The Hall–Kier alpha value is -1.36. The molecule has 1 saturated heterocycles. The first-order chi connectivity index (χ1) is 10.1. The summed E-state index contributed by atoms with van der Waals surface area (Å²) in [5.41, 5.74) is -1.68. The number of carbonyl (C=O) groups excluding carboxylic acids is 2. The Labute approximate surface area is 130 Å². The maximum absolute atomic E-state index is 12.0. The number of rotatable bonds is 1. The molecule has 0 radical (unpaired) electrons. The fourth-order valence-electron chi connectivity index (χ4n) is 5.08. The van der Waals surface area contributed by atoms with Crippen LogP contribution in [0, 0.1) is 16.7 Å². The molecular weight excluding hydrogens is 284 g/mol. The number of cyclic esters (lactones) is 1. The molecule has 5 heteroatoms. The molecule has 0 aromatic carbocycles. The fourth-order valence-corrected chi connectivity index (χ4v) is 5.08. The van der Waals surface area contributed by atoms with Crippen molar-refractivity contribution in [2.45, 2.75) is 58.7 Å². The average Bonchev–Trinajstić information content (AvgIpc) is 2.66. The zero-order chi connectivity index (χ0) is 16.3. The van der Waals surface area contributed by atoms with E-state index >= 15 is 0 Å². The number of hydrogen-bond acceptors (Lipinski definition) is 5. The zero-order valence-corrected chi connectivity index (χ0v) is 13.6. The number of carbonyl (C=O) groups is 2. The van der Waals surface area contributed by atoms with Crippen LogP contribution < -0.4 is 0 Å². The highest BCUT2D eigenvalue weighted by Crippen LogP contribution is 2.62. The number of esters is 2. The van der Waals surface area contributed by atoms with Crippen molar-refractivity contribution in [2.24, 2.45) is 16.7 Å². The molecular formula is C17H24O5. The van der Waals surface area contributed by atoms with E-state index in [2.05, 4.69) is 13.8 Å². The molecule has 2 fully saturated rings. The van der Waals surface area contributed by atoms with Crippen LogP contribution in [0.4, 0.5) is 0 Å². The SMILES string of the molecule is CC(=O)O[C@H]1C=C2C(=O)OC[C@]2(O)[C@@]2(C)CCCC(C)(C)[C@H]12. The van der Waals surface area contributed by atoms with Crippen LogP contribution in [-0.4, -0.2) is 35.4 Å². The lowest BCUT2D eigenvalue weighted by Gasteiger charge is -2.59.